The Kier molecular flexibility index (Phi) is 7.46. The Morgan fingerprint density at radius 2 is 1.46 bits per heavy atom. The number of rotatable bonds is 8. The quantitative estimate of drug-likeness (QED) is 0.644. The molecule has 1 atom stereocenters. The lowest BCUT2D eigenvalue weighted by Gasteiger charge is -2.29. The Bertz CT molecular complexity index is 685. The average molecular weight is 351 g/mol. The van der Waals surface area contributed by atoms with Crippen LogP contribution >= 0.6 is 0 Å². The van der Waals surface area contributed by atoms with E-state index in [2.05, 4.69) is 57.3 Å². The smallest absolute Gasteiger partial charge is 0.246 e. The predicted octanol–water partition coefficient (Wildman–Crippen LogP) is 5.43. The first-order chi connectivity index (χ1) is 12.5. The monoisotopic (exact) mass is 350 g/mol. The van der Waals surface area contributed by atoms with Crippen LogP contribution in [0.25, 0.3) is 0 Å². The van der Waals surface area contributed by atoms with E-state index >= 15 is 0 Å². The number of carbonyl (C=O) groups excluding carboxylic acids is 1. The predicted molar refractivity (Wildman–Crippen MR) is 110 cm³/mol. The lowest BCUT2D eigenvalue weighted by Crippen LogP contribution is -2.41. The van der Waals surface area contributed by atoms with Crippen LogP contribution in [0.1, 0.15) is 45.7 Å². The first-order valence-electron chi connectivity index (χ1n) is 9.34. The summed E-state index contributed by atoms with van der Waals surface area (Å²) in [6.45, 7) is 8.20. The third-order valence-corrected chi connectivity index (χ3v) is 4.32. The van der Waals surface area contributed by atoms with Crippen molar-refractivity contribution >= 4 is 11.6 Å². The van der Waals surface area contributed by atoms with Gasteiger partial charge in [-0.05, 0) is 57.9 Å². The molecule has 0 bridgehead atoms. The zero-order chi connectivity index (χ0) is 18.9. The molecule has 1 N–H and O–H groups in total. The highest BCUT2D eigenvalue weighted by Gasteiger charge is 2.17. The van der Waals surface area contributed by atoms with E-state index < -0.39 is 0 Å². The fraction of sp³-hybridized carbons (Fsp3) is 0.348. The minimum absolute atomic E-state index is 0.0709. The van der Waals surface area contributed by atoms with Gasteiger partial charge in [0.25, 0.3) is 0 Å². The van der Waals surface area contributed by atoms with E-state index in [0.717, 1.165) is 12.1 Å². The summed E-state index contributed by atoms with van der Waals surface area (Å²) in [7, 11) is 0. The lowest BCUT2D eigenvalue weighted by atomic mass is 10.0. The molecule has 138 valence electrons. The molecular weight excluding hydrogens is 320 g/mol. The number of nitrogens with one attached hydrogen (secondary N) is 1. The van der Waals surface area contributed by atoms with Gasteiger partial charge in [0.15, 0.2) is 0 Å². The van der Waals surface area contributed by atoms with Gasteiger partial charge in [0, 0.05) is 17.8 Å². The summed E-state index contributed by atoms with van der Waals surface area (Å²) in [5.41, 5.74) is 2.28. The Morgan fingerprint density at radius 1 is 0.923 bits per heavy atom. The number of para-hydroxylation sites is 1. The molecule has 0 saturated heterocycles. The summed E-state index contributed by atoms with van der Waals surface area (Å²) in [5.74, 6) is 0.0709. The van der Waals surface area contributed by atoms with Crippen LogP contribution in [0.5, 0.6) is 0 Å². The Balaban J connectivity index is 2.10. The molecule has 2 rings (SSSR count). The van der Waals surface area contributed by atoms with Crippen LogP contribution in [0.3, 0.4) is 0 Å². The molecule has 0 aromatic heterocycles. The van der Waals surface area contributed by atoms with Gasteiger partial charge in [0.05, 0.1) is 6.04 Å². The van der Waals surface area contributed by atoms with Crippen LogP contribution in [0, 0.1) is 0 Å². The van der Waals surface area contributed by atoms with Crippen LogP contribution in [-0.2, 0) is 4.79 Å². The van der Waals surface area contributed by atoms with Gasteiger partial charge in [-0.15, -0.1) is 0 Å². The van der Waals surface area contributed by atoms with E-state index in [9.17, 15) is 4.79 Å². The van der Waals surface area contributed by atoms with E-state index in [0.29, 0.717) is 0 Å². The molecule has 0 heterocycles. The molecule has 1 amide bonds. The van der Waals surface area contributed by atoms with E-state index in [-0.39, 0.29) is 24.0 Å². The Morgan fingerprint density at radius 3 is 2.00 bits per heavy atom. The third-order valence-electron chi connectivity index (χ3n) is 4.32. The average Bonchev–Trinajstić information content (AvgIpc) is 2.62. The molecular formula is C23H30N2O. The number of anilines is 1. The first kappa shape index (κ1) is 19.8. The molecule has 0 spiro atoms. The van der Waals surface area contributed by atoms with Gasteiger partial charge in [0.2, 0.25) is 5.91 Å². The van der Waals surface area contributed by atoms with Gasteiger partial charge in [-0.25, -0.2) is 0 Å². The minimum Gasteiger partial charge on any atom is -0.378 e. The van der Waals surface area contributed by atoms with E-state index in [4.69, 9.17) is 0 Å². The highest BCUT2D eigenvalue weighted by molar-refractivity contribution is 5.88. The number of carbonyl (C=O) groups is 1. The summed E-state index contributed by atoms with van der Waals surface area (Å²) in [4.78, 5) is 14.4. The molecule has 2 aromatic rings. The molecule has 3 nitrogen and oxygen atoms in total. The maximum absolute atomic E-state index is 12.5. The molecule has 0 radical (unpaired) electrons. The molecule has 26 heavy (non-hydrogen) atoms. The molecule has 2 aromatic carbocycles. The second-order valence-electron chi connectivity index (χ2n) is 7.04. The number of nitrogens with zero attached hydrogens (tertiary/aromatic N) is 1. The van der Waals surface area contributed by atoms with Crippen LogP contribution < -0.4 is 5.32 Å². The molecule has 0 fully saturated rings. The largest absolute Gasteiger partial charge is 0.378 e. The summed E-state index contributed by atoms with van der Waals surface area (Å²) in [5, 5.41) is 3.57. The topological polar surface area (TPSA) is 32.3 Å². The maximum Gasteiger partial charge on any atom is 0.246 e. The fourth-order valence-corrected chi connectivity index (χ4v) is 3.20. The summed E-state index contributed by atoms with van der Waals surface area (Å²) < 4.78 is 0. The van der Waals surface area contributed by atoms with Gasteiger partial charge < -0.3 is 10.2 Å². The van der Waals surface area contributed by atoms with Crippen LogP contribution in [0.2, 0.25) is 0 Å². The van der Waals surface area contributed by atoms with Gasteiger partial charge in [-0.1, -0.05) is 54.6 Å². The molecule has 0 aliphatic heterocycles. The van der Waals surface area contributed by atoms with Gasteiger partial charge in [-0.3, -0.25) is 4.79 Å². The van der Waals surface area contributed by atoms with Crippen molar-refractivity contribution in [3.63, 3.8) is 0 Å². The highest BCUT2D eigenvalue weighted by Crippen LogP contribution is 2.23. The molecule has 3 heteroatoms. The number of hydrogen-bond acceptors (Lipinski definition) is 2. The number of benzene rings is 2. The molecule has 0 aliphatic rings. The van der Waals surface area contributed by atoms with Crippen molar-refractivity contribution in [2.75, 3.05) is 5.32 Å². The lowest BCUT2D eigenvalue weighted by molar-refractivity contribution is -0.129. The third kappa shape index (κ3) is 5.76. The fourth-order valence-electron chi connectivity index (χ4n) is 3.20. The van der Waals surface area contributed by atoms with Crippen molar-refractivity contribution in [2.45, 2.75) is 52.2 Å². The maximum atomic E-state index is 12.5. The SMILES string of the molecule is CC(C)N(C(=O)/C=C/CC(Nc1ccccc1)c1ccccc1)C(C)C. The first-order valence-corrected chi connectivity index (χ1v) is 9.34. The molecule has 0 aliphatic carbocycles. The number of amides is 1. The van der Waals surface area contributed by atoms with Crippen molar-refractivity contribution in [1.82, 2.24) is 4.90 Å². The van der Waals surface area contributed by atoms with E-state index in [1.807, 2.05) is 47.4 Å². The van der Waals surface area contributed by atoms with Crippen molar-refractivity contribution < 1.29 is 4.79 Å². The van der Waals surface area contributed by atoms with Crippen LogP contribution in [-0.4, -0.2) is 22.9 Å². The van der Waals surface area contributed by atoms with Gasteiger partial charge in [-0.2, -0.15) is 0 Å². The molecule has 0 saturated carbocycles. The van der Waals surface area contributed by atoms with Crippen LogP contribution in [0.4, 0.5) is 5.69 Å². The summed E-state index contributed by atoms with van der Waals surface area (Å²) >= 11 is 0. The standard InChI is InChI=1S/C23H30N2O/c1-18(2)25(19(3)4)23(26)17-11-16-22(20-12-7-5-8-13-20)24-21-14-9-6-10-15-21/h5-15,17-19,22,24H,16H2,1-4H3/b17-11+. The van der Waals surface area contributed by atoms with E-state index in [1.165, 1.54) is 5.56 Å². The molecule has 1 unspecified atom stereocenters. The Labute approximate surface area is 157 Å². The minimum atomic E-state index is 0.0709. The summed E-state index contributed by atoms with van der Waals surface area (Å²) in [6, 6.07) is 21.0. The van der Waals surface area contributed by atoms with Crippen molar-refractivity contribution in [2.24, 2.45) is 0 Å². The zero-order valence-electron chi connectivity index (χ0n) is 16.2. The summed E-state index contributed by atoms with van der Waals surface area (Å²) in [6.07, 6.45) is 4.44. The van der Waals surface area contributed by atoms with Crippen LogP contribution in [0.15, 0.2) is 72.8 Å². The second-order valence-corrected chi connectivity index (χ2v) is 7.04. The van der Waals surface area contributed by atoms with E-state index in [1.54, 1.807) is 6.08 Å². The van der Waals surface area contributed by atoms with Gasteiger partial charge in [0.1, 0.15) is 0 Å². The Hall–Kier alpha value is -2.55. The second kappa shape index (κ2) is 9.81. The van der Waals surface area contributed by atoms with Crippen molar-refractivity contribution in [3.8, 4) is 0 Å². The van der Waals surface area contributed by atoms with Gasteiger partial charge >= 0.3 is 0 Å². The van der Waals surface area contributed by atoms with Crippen molar-refractivity contribution in [3.05, 3.63) is 78.4 Å². The number of hydrogen-bond donors (Lipinski definition) is 1. The van der Waals surface area contributed by atoms with Crippen molar-refractivity contribution in [1.29, 1.82) is 0 Å². The normalized spacial score (nSPS) is 12.5. The highest BCUT2D eigenvalue weighted by atomic mass is 16.2. The zero-order valence-corrected chi connectivity index (χ0v) is 16.2.